The summed E-state index contributed by atoms with van der Waals surface area (Å²) in [6.07, 6.45) is 4.64. The average Bonchev–Trinajstić information content (AvgIpc) is 2.88. The zero-order valence-corrected chi connectivity index (χ0v) is 21.6. The maximum atomic E-state index is 13.0. The van der Waals surface area contributed by atoms with Crippen LogP contribution in [0.3, 0.4) is 0 Å². The van der Waals surface area contributed by atoms with Gasteiger partial charge in [-0.1, -0.05) is 35.9 Å². The summed E-state index contributed by atoms with van der Waals surface area (Å²) >= 11 is 6.31. The van der Waals surface area contributed by atoms with Crippen molar-refractivity contribution in [2.24, 2.45) is 0 Å². The lowest BCUT2D eigenvalue weighted by Crippen LogP contribution is -2.10. The van der Waals surface area contributed by atoms with Gasteiger partial charge in [0.25, 0.3) is 0 Å². The molecule has 37 heavy (non-hydrogen) atoms. The van der Waals surface area contributed by atoms with Crippen LogP contribution in [0.4, 0.5) is 5.69 Å². The number of carbonyl (C=O) groups excluding carboxylic acids is 2. The van der Waals surface area contributed by atoms with Gasteiger partial charge in [-0.05, 0) is 60.0 Å². The quantitative estimate of drug-likeness (QED) is 0.172. The molecule has 0 unspecified atom stereocenters. The third-order valence-corrected chi connectivity index (χ3v) is 5.89. The first-order chi connectivity index (χ1) is 17.8. The number of benzene rings is 3. The number of hydrogen-bond acceptors (Lipinski definition) is 6. The van der Waals surface area contributed by atoms with Crippen molar-refractivity contribution in [2.75, 3.05) is 19.5 Å². The number of carbonyl (C=O) groups is 2. The summed E-state index contributed by atoms with van der Waals surface area (Å²) in [6.45, 7) is 3.30. The lowest BCUT2D eigenvalue weighted by molar-refractivity contribution is -0.132. The molecule has 1 aromatic heterocycles. The highest BCUT2D eigenvalue weighted by Crippen LogP contribution is 2.39. The van der Waals surface area contributed by atoms with Gasteiger partial charge in [0.1, 0.15) is 0 Å². The smallest absolute Gasteiger partial charge is 0.308 e. The number of nitrogens with zero attached hydrogens (tertiary/aromatic N) is 1. The summed E-state index contributed by atoms with van der Waals surface area (Å²) in [5.74, 6) is -0.101. The third kappa shape index (κ3) is 5.73. The largest absolute Gasteiger partial charge is 0.493 e. The number of amides is 1. The van der Waals surface area contributed by atoms with E-state index < -0.39 is 5.97 Å². The number of fused-ring (bicyclic) bond motifs is 1. The van der Waals surface area contributed by atoms with E-state index in [4.69, 9.17) is 25.8 Å². The molecule has 0 radical (unpaired) electrons. The number of ether oxygens (including phenoxy) is 3. The Labute approximate surface area is 219 Å². The van der Waals surface area contributed by atoms with Gasteiger partial charge >= 0.3 is 5.97 Å². The summed E-state index contributed by atoms with van der Waals surface area (Å²) in [7, 11) is 2.90. The fourth-order valence-corrected chi connectivity index (χ4v) is 4.16. The monoisotopic (exact) mass is 516 g/mol. The average molecular weight is 517 g/mol. The molecular weight excluding hydrogens is 492 g/mol. The van der Waals surface area contributed by atoms with Crippen LogP contribution in [-0.4, -0.2) is 31.1 Å². The van der Waals surface area contributed by atoms with Gasteiger partial charge in [-0.15, -0.1) is 0 Å². The van der Waals surface area contributed by atoms with Crippen molar-refractivity contribution in [3.05, 3.63) is 83.0 Å². The summed E-state index contributed by atoms with van der Waals surface area (Å²) < 4.78 is 15.9. The molecule has 3 aromatic carbocycles. The molecular formula is C29H25ClN2O5. The SMILES string of the molecule is COc1cc(/C=C/C(=O)Nc2cnc3ccc(Cl)cc3c2-c2ccccc2C)cc(OC)c1OC(C)=O. The van der Waals surface area contributed by atoms with Gasteiger partial charge in [0, 0.05) is 29.0 Å². The first-order valence-electron chi connectivity index (χ1n) is 11.4. The fourth-order valence-electron chi connectivity index (χ4n) is 3.99. The number of aryl methyl sites for hydroxylation is 1. The topological polar surface area (TPSA) is 86.8 Å². The number of anilines is 1. The maximum absolute atomic E-state index is 13.0. The highest BCUT2D eigenvalue weighted by atomic mass is 35.5. The molecule has 0 saturated heterocycles. The van der Waals surface area contributed by atoms with E-state index in [1.807, 2.05) is 43.3 Å². The number of aromatic nitrogens is 1. The van der Waals surface area contributed by atoms with E-state index in [-0.39, 0.29) is 11.7 Å². The molecule has 0 atom stereocenters. The van der Waals surface area contributed by atoms with Crippen LogP contribution in [0.5, 0.6) is 17.2 Å². The molecule has 0 saturated carbocycles. The second-order valence-corrected chi connectivity index (χ2v) is 8.63. The van der Waals surface area contributed by atoms with Crippen molar-refractivity contribution in [2.45, 2.75) is 13.8 Å². The van der Waals surface area contributed by atoms with Crippen LogP contribution in [0.15, 0.2) is 66.9 Å². The molecule has 0 aliphatic carbocycles. The van der Waals surface area contributed by atoms with Crippen molar-refractivity contribution in [1.29, 1.82) is 0 Å². The third-order valence-electron chi connectivity index (χ3n) is 5.66. The number of rotatable bonds is 7. The lowest BCUT2D eigenvalue weighted by Gasteiger charge is -2.15. The molecule has 4 aromatic rings. The Morgan fingerprint density at radius 1 is 1.00 bits per heavy atom. The first kappa shape index (κ1) is 25.7. The molecule has 4 rings (SSSR count). The minimum absolute atomic E-state index is 0.169. The fraction of sp³-hybridized carbons (Fsp3) is 0.138. The van der Waals surface area contributed by atoms with Crippen molar-refractivity contribution < 1.29 is 23.8 Å². The molecule has 1 amide bonds. The zero-order chi connectivity index (χ0) is 26.5. The number of esters is 1. The van der Waals surface area contributed by atoms with E-state index in [1.54, 1.807) is 30.5 Å². The van der Waals surface area contributed by atoms with E-state index in [1.165, 1.54) is 27.2 Å². The number of methoxy groups -OCH3 is 2. The molecule has 7 nitrogen and oxygen atoms in total. The Balaban J connectivity index is 1.70. The Hall–Kier alpha value is -4.36. The van der Waals surface area contributed by atoms with Crippen molar-refractivity contribution >= 4 is 46.1 Å². The summed E-state index contributed by atoms with van der Waals surface area (Å²) in [5, 5.41) is 4.36. The van der Waals surface area contributed by atoms with Crippen molar-refractivity contribution in [3.8, 4) is 28.4 Å². The number of pyridine rings is 1. The molecule has 0 aliphatic heterocycles. The van der Waals surface area contributed by atoms with Crippen molar-refractivity contribution in [1.82, 2.24) is 4.98 Å². The molecule has 0 fully saturated rings. The highest BCUT2D eigenvalue weighted by Gasteiger charge is 2.17. The minimum atomic E-state index is -0.506. The first-order valence-corrected chi connectivity index (χ1v) is 11.8. The summed E-state index contributed by atoms with van der Waals surface area (Å²) in [5.41, 5.74) is 4.78. The van der Waals surface area contributed by atoms with Gasteiger partial charge in [-0.3, -0.25) is 14.6 Å². The van der Waals surface area contributed by atoms with Crippen molar-refractivity contribution in [3.63, 3.8) is 0 Å². The Morgan fingerprint density at radius 2 is 1.70 bits per heavy atom. The van der Waals surface area contributed by atoms with Gasteiger partial charge in [0.05, 0.1) is 31.6 Å². The number of hydrogen-bond donors (Lipinski definition) is 1. The van der Waals surface area contributed by atoms with E-state index in [2.05, 4.69) is 10.3 Å². The van der Waals surface area contributed by atoms with Crippen LogP contribution in [0.1, 0.15) is 18.1 Å². The van der Waals surface area contributed by atoms with Crippen LogP contribution in [0.2, 0.25) is 5.02 Å². The summed E-state index contributed by atoms with van der Waals surface area (Å²) in [6, 6.07) is 16.7. The van der Waals surface area contributed by atoms with Gasteiger partial charge in [0.15, 0.2) is 11.5 Å². The van der Waals surface area contributed by atoms with E-state index in [0.29, 0.717) is 27.8 Å². The lowest BCUT2D eigenvalue weighted by atomic mass is 9.96. The predicted molar refractivity (Wildman–Crippen MR) is 145 cm³/mol. The molecule has 1 heterocycles. The maximum Gasteiger partial charge on any atom is 0.308 e. The standard InChI is InChI=1S/C29H25ClN2O5/c1-17-7-5-6-8-21(17)28-22-15-20(30)10-11-23(22)31-16-24(28)32-27(34)12-9-19-13-25(35-3)29(37-18(2)33)26(14-19)36-4/h5-16H,1-4H3,(H,32,34)/b12-9+. The normalized spacial score (nSPS) is 10.9. The second-order valence-electron chi connectivity index (χ2n) is 8.19. The zero-order valence-electron chi connectivity index (χ0n) is 20.8. The van der Waals surface area contributed by atoms with Gasteiger partial charge < -0.3 is 19.5 Å². The Kier molecular flexibility index (Phi) is 7.74. The van der Waals surface area contributed by atoms with Crippen LogP contribution < -0.4 is 19.5 Å². The molecule has 188 valence electrons. The summed E-state index contributed by atoms with van der Waals surface area (Å²) in [4.78, 5) is 29.0. The molecule has 0 spiro atoms. The number of halogens is 1. The molecule has 0 bridgehead atoms. The van der Waals surface area contributed by atoms with E-state index in [9.17, 15) is 9.59 Å². The Morgan fingerprint density at radius 3 is 2.35 bits per heavy atom. The highest BCUT2D eigenvalue weighted by molar-refractivity contribution is 6.31. The molecule has 1 N–H and O–H groups in total. The van der Waals surface area contributed by atoms with E-state index >= 15 is 0 Å². The Bertz CT molecular complexity index is 1510. The van der Waals surface area contributed by atoms with Crippen LogP contribution in [0, 0.1) is 6.92 Å². The molecule has 0 aliphatic rings. The van der Waals surface area contributed by atoms with Gasteiger partial charge in [-0.25, -0.2) is 0 Å². The van der Waals surface area contributed by atoms with Gasteiger partial charge in [0.2, 0.25) is 11.7 Å². The van der Waals surface area contributed by atoms with Crippen LogP contribution >= 0.6 is 11.6 Å². The minimum Gasteiger partial charge on any atom is -0.493 e. The van der Waals surface area contributed by atoms with E-state index in [0.717, 1.165) is 27.6 Å². The predicted octanol–water partition coefficient (Wildman–Crippen LogP) is 6.46. The number of nitrogens with one attached hydrogen (secondary N) is 1. The molecule has 8 heteroatoms. The second kappa shape index (κ2) is 11.1. The van der Waals surface area contributed by atoms with Gasteiger partial charge in [-0.2, -0.15) is 0 Å². The van der Waals surface area contributed by atoms with Crippen LogP contribution in [-0.2, 0) is 9.59 Å². The van der Waals surface area contributed by atoms with Crippen LogP contribution in [0.25, 0.3) is 28.1 Å².